The molecule has 0 saturated heterocycles. The van der Waals surface area contributed by atoms with Crippen molar-refractivity contribution >= 4 is 21.9 Å². The van der Waals surface area contributed by atoms with Crippen molar-refractivity contribution in [3.8, 4) is 0 Å². The summed E-state index contributed by atoms with van der Waals surface area (Å²) < 4.78 is 3.02. The predicted octanol–water partition coefficient (Wildman–Crippen LogP) is 3.58. The van der Waals surface area contributed by atoms with Gasteiger partial charge in [0.15, 0.2) is 0 Å². The average molecular weight is 336 g/mol. The van der Waals surface area contributed by atoms with Crippen LogP contribution in [0.3, 0.4) is 0 Å². The normalized spacial score (nSPS) is 21.6. The van der Waals surface area contributed by atoms with E-state index in [-0.39, 0.29) is 6.04 Å². The van der Waals surface area contributed by atoms with Crippen molar-refractivity contribution in [2.24, 2.45) is 5.92 Å². The fourth-order valence-electron chi connectivity index (χ4n) is 2.80. The standard InChI is InChI=1S/C14H18BrN5/c1-9(2)6-12-8-13(10-4-3-5-11(15)7-10)16-14-17-18-19-20(12)14/h3-5,7,9,12-13H,6,8H2,1-2H3,(H,16,17,19). The van der Waals surface area contributed by atoms with Crippen LogP contribution >= 0.6 is 15.9 Å². The summed E-state index contributed by atoms with van der Waals surface area (Å²) in [6, 6.07) is 9.02. The molecule has 3 rings (SSSR count). The second-order valence-corrected chi connectivity index (χ2v) is 6.63. The third kappa shape index (κ3) is 2.70. The molecule has 6 heteroatoms. The first-order valence-electron chi connectivity index (χ1n) is 6.93. The van der Waals surface area contributed by atoms with E-state index in [1.54, 1.807) is 0 Å². The summed E-state index contributed by atoms with van der Waals surface area (Å²) >= 11 is 3.54. The fraction of sp³-hybridized carbons (Fsp3) is 0.500. The number of rotatable bonds is 3. The maximum atomic E-state index is 4.12. The lowest BCUT2D eigenvalue weighted by molar-refractivity contribution is 0.316. The number of hydrogen-bond donors (Lipinski definition) is 1. The van der Waals surface area contributed by atoms with Gasteiger partial charge in [-0.2, -0.15) is 0 Å². The van der Waals surface area contributed by atoms with Gasteiger partial charge in [0.25, 0.3) is 0 Å². The molecule has 1 N–H and O–H groups in total. The van der Waals surface area contributed by atoms with E-state index in [1.165, 1.54) is 5.56 Å². The Kier molecular flexibility index (Phi) is 3.74. The SMILES string of the molecule is CC(C)CC1CC(c2cccc(Br)c2)Nc2nnnn21. The molecular formula is C14H18BrN5. The van der Waals surface area contributed by atoms with Crippen molar-refractivity contribution in [3.63, 3.8) is 0 Å². The second kappa shape index (κ2) is 5.52. The Hall–Kier alpha value is -1.43. The number of benzene rings is 1. The van der Waals surface area contributed by atoms with Gasteiger partial charge in [-0.1, -0.05) is 47.0 Å². The molecule has 0 aliphatic carbocycles. The van der Waals surface area contributed by atoms with Crippen molar-refractivity contribution in [1.82, 2.24) is 20.2 Å². The topological polar surface area (TPSA) is 55.6 Å². The molecule has 20 heavy (non-hydrogen) atoms. The van der Waals surface area contributed by atoms with Crippen LogP contribution in [0.15, 0.2) is 28.7 Å². The van der Waals surface area contributed by atoms with E-state index in [0.717, 1.165) is 23.3 Å². The molecule has 0 spiro atoms. The van der Waals surface area contributed by atoms with Crippen LogP contribution in [0, 0.1) is 5.92 Å². The number of nitrogens with zero attached hydrogens (tertiary/aromatic N) is 4. The third-order valence-electron chi connectivity index (χ3n) is 3.64. The number of fused-ring (bicyclic) bond motifs is 1. The molecule has 2 aromatic rings. The zero-order valence-corrected chi connectivity index (χ0v) is 13.2. The van der Waals surface area contributed by atoms with Crippen molar-refractivity contribution in [3.05, 3.63) is 34.3 Å². The monoisotopic (exact) mass is 335 g/mol. The number of nitrogens with one attached hydrogen (secondary N) is 1. The maximum Gasteiger partial charge on any atom is 0.243 e. The van der Waals surface area contributed by atoms with Crippen LogP contribution in [0.25, 0.3) is 0 Å². The van der Waals surface area contributed by atoms with Gasteiger partial charge in [-0.05, 0) is 46.9 Å². The first-order chi connectivity index (χ1) is 9.63. The Morgan fingerprint density at radius 2 is 2.30 bits per heavy atom. The van der Waals surface area contributed by atoms with E-state index in [0.29, 0.717) is 12.0 Å². The lowest BCUT2D eigenvalue weighted by Gasteiger charge is -2.31. The molecule has 106 valence electrons. The van der Waals surface area contributed by atoms with Gasteiger partial charge in [-0.15, -0.1) is 0 Å². The highest BCUT2D eigenvalue weighted by atomic mass is 79.9. The first kappa shape index (κ1) is 13.5. The molecule has 2 atom stereocenters. The van der Waals surface area contributed by atoms with Gasteiger partial charge in [0, 0.05) is 4.47 Å². The van der Waals surface area contributed by atoms with Crippen molar-refractivity contribution in [2.45, 2.75) is 38.8 Å². The van der Waals surface area contributed by atoms with Crippen LogP contribution in [0.2, 0.25) is 0 Å². The third-order valence-corrected chi connectivity index (χ3v) is 4.14. The van der Waals surface area contributed by atoms with E-state index in [4.69, 9.17) is 0 Å². The molecule has 0 radical (unpaired) electrons. The minimum atomic E-state index is 0.259. The number of halogens is 1. The van der Waals surface area contributed by atoms with E-state index in [2.05, 4.69) is 68.8 Å². The highest BCUT2D eigenvalue weighted by Gasteiger charge is 2.29. The molecule has 0 fully saturated rings. The summed E-state index contributed by atoms with van der Waals surface area (Å²) in [6.07, 6.45) is 2.09. The quantitative estimate of drug-likeness (QED) is 0.931. The largest absolute Gasteiger partial charge is 0.346 e. The molecule has 1 aromatic carbocycles. The van der Waals surface area contributed by atoms with Gasteiger partial charge in [-0.3, -0.25) is 0 Å². The van der Waals surface area contributed by atoms with Crippen LogP contribution in [0.1, 0.15) is 44.3 Å². The van der Waals surface area contributed by atoms with Crippen LogP contribution in [-0.2, 0) is 0 Å². The molecule has 0 bridgehead atoms. The van der Waals surface area contributed by atoms with Crippen LogP contribution in [0.4, 0.5) is 5.95 Å². The molecule has 2 unspecified atom stereocenters. The lowest BCUT2D eigenvalue weighted by atomic mass is 9.92. The predicted molar refractivity (Wildman–Crippen MR) is 81.4 cm³/mol. The smallest absolute Gasteiger partial charge is 0.243 e. The minimum Gasteiger partial charge on any atom is -0.346 e. The highest BCUT2D eigenvalue weighted by molar-refractivity contribution is 9.10. The van der Waals surface area contributed by atoms with Gasteiger partial charge < -0.3 is 5.32 Å². The molecule has 0 saturated carbocycles. The number of tetrazole rings is 1. The number of anilines is 1. The summed E-state index contributed by atoms with van der Waals surface area (Å²) in [5.41, 5.74) is 1.27. The van der Waals surface area contributed by atoms with Crippen molar-refractivity contribution in [1.29, 1.82) is 0 Å². The van der Waals surface area contributed by atoms with Crippen LogP contribution < -0.4 is 5.32 Å². The van der Waals surface area contributed by atoms with Gasteiger partial charge >= 0.3 is 0 Å². The average Bonchev–Trinajstić information content (AvgIpc) is 2.86. The molecule has 1 aliphatic heterocycles. The summed E-state index contributed by atoms with van der Waals surface area (Å²) in [5, 5.41) is 15.4. The highest BCUT2D eigenvalue weighted by Crippen LogP contribution is 2.36. The van der Waals surface area contributed by atoms with Gasteiger partial charge in [0.1, 0.15) is 0 Å². The minimum absolute atomic E-state index is 0.259. The Bertz CT molecular complexity index is 595. The molecular weight excluding hydrogens is 318 g/mol. The van der Waals surface area contributed by atoms with Crippen LogP contribution in [-0.4, -0.2) is 20.2 Å². The van der Waals surface area contributed by atoms with E-state index in [9.17, 15) is 0 Å². The van der Waals surface area contributed by atoms with E-state index < -0.39 is 0 Å². The Balaban J connectivity index is 1.89. The summed E-state index contributed by atoms with van der Waals surface area (Å²) in [5.74, 6) is 1.39. The Labute approximate surface area is 126 Å². The fourth-order valence-corrected chi connectivity index (χ4v) is 3.22. The number of aromatic nitrogens is 4. The molecule has 0 amide bonds. The first-order valence-corrected chi connectivity index (χ1v) is 7.72. The second-order valence-electron chi connectivity index (χ2n) is 5.72. The summed E-state index contributed by atoms with van der Waals surface area (Å²) in [7, 11) is 0. The zero-order chi connectivity index (χ0) is 14.1. The molecule has 1 aromatic heterocycles. The van der Waals surface area contributed by atoms with Crippen molar-refractivity contribution < 1.29 is 0 Å². The Morgan fingerprint density at radius 1 is 1.45 bits per heavy atom. The lowest BCUT2D eigenvalue weighted by Crippen LogP contribution is -2.28. The molecule has 1 aliphatic rings. The van der Waals surface area contributed by atoms with Crippen LogP contribution in [0.5, 0.6) is 0 Å². The van der Waals surface area contributed by atoms with Gasteiger partial charge in [0.2, 0.25) is 5.95 Å². The maximum absolute atomic E-state index is 4.12. The van der Waals surface area contributed by atoms with Gasteiger partial charge in [0.05, 0.1) is 12.1 Å². The molecule has 2 heterocycles. The number of hydrogen-bond acceptors (Lipinski definition) is 4. The zero-order valence-electron chi connectivity index (χ0n) is 11.6. The van der Waals surface area contributed by atoms with E-state index in [1.807, 2.05) is 10.7 Å². The molecule has 5 nitrogen and oxygen atoms in total. The van der Waals surface area contributed by atoms with Gasteiger partial charge in [-0.25, -0.2) is 4.68 Å². The summed E-state index contributed by atoms with van der Waals surface area (Å²) in [4.78, 5) is 0. The summed E-state index contributed by atoms with van der Waals surface area (Å²) in [6.45, 7) is 4.47. The van der Waals surface area contributed by atoms with E-state index >= 15 is 0 Å². The van der Waals surface area contributed by atoms with Crippen molar-refractivity contribution in [2.75, 3.05) is 5.32 Å². The Morgan fingerprint density at radius 3 is 3.05 bits per heavy atom.